The fraction of sp³-hybridized carbons (Fsp3) is 0.769. The van der Waals surface area contributed by atoms with E-state index in [2.05, 4.69) is 26.8 Å². The second-order valence-corrected chi connectivity index (χ2v) is 4.83. The quantitative estimate of drug-likeness (QED) is 0.668. The van der Waals surface area contributed by atoms with Gasteiger partial charge in [-0.3, -0.25) is 4.79 Å². The van der Waals surface area contributed by atoms with Crippen LogP contribution < -0.4 is 0 Å². The number of carbonyl (C=O) groups is 1. The van der Waals surface area contributed by atoms with Crippen LogP contribution in [0.25, 0.3) is 0 Å². The fourth-order valence-corrected chi connectivity index (χ4v) is 2.36. The molecular formula is C13H22O. The summed E-state index contributed by atoms with van der Waals surface area (Å²) in [5, 5.41) is 0. The molecular weight excluding hydrogens is 172 g/mol. The second-order valence-electron chi connectivity index (χ2n) is 4.83. The molecule has 0 radical (unpaired) electrons. The van der Waals surface area contributed by atoms with Gasteiger partial charge in [-0.15, -0.1) is 0 Å². The molecule has 1 aliphatic carbocycles. The number of rotatable bonds is 4. The molecule has 0 saturated carbocycles. The molecule has 0 aromatic heterocycles. The summed E-state index contributed by atoms with van der Waals surface area (Å²) in [5.74, 6) is 2.51. The first-order valence-corrected chi connectivity index (χ1v) is 5.84. The van der Waals surface area contributed by atoms with Crippen LogP contribution in [-0.4, -0.2) is 5.78 Å². The normalized spacial score (nSPS) is 24.3. The van der Waals surface area contributed by atoms with E-state index in [-0.39, 0.29) is 0 Å². The van der Waals surface area contributed by atoms with E-state index in [9.17, 15) is 4.79 Å². The fourth-order valence-electron chi connectivity index (χ4n) is 2.36. The van der Waals surface area contributed by atoms with Crippen LogP contribution in [0.4, 0.5) is 0 Å². The monoisotopic (exact) mass is 194 g/mol. The molecule has 0 bridgehead atoms. The van der Waals surface area contributed by atoms with Crippen molar-refractivity contribution in [3.63, 3.8) is 0 Å². The second kappa shape index (κ2) is 5.33. The molecule has 80 valence electrons. The Balaban J connectivity index is 2.52. The summed E-state index contributed by atoms with van der Waals surface area (Å²) < 4.78 is 0. The average Bonchev–Trinajstić information content (AvgIpc) is 2.15. The van der Waals surface area contributed by atoms with Crippen LogP contribution in [0.1, 0.15) is 46.5 Å². The zero-order valence-corrected chi connectivity index (χ0v) is 9.62. The van der Waals surface area contributed by atoms with Crippen LogP contribution in [0.2, 0.25) is 0 Å². The predicted octanol–water partition coefficient (Wildman–Crippen LogP) is 3.59. The van der Waals surface area contributed by atoms with Gasteiger partial charge in [0.15, 0.2) is 5.78 Å². The average molecular weight is 194 g/mol. The highest BCUT2D eigenvalue weighted by atomic mass is 16.1. The highest BCUT2D eigenvalue weighted by Gasteiger charge is 2.21. The molecule has 1 nitrogen and oxygen atoms in total. The van der Waals surface area contributed by atoms with E-state index >= 15 is 0 Å². The van der Waals surface area contributed by atoms with Crippen molar-refractivity contribution in [2.24, 2.45) is 17.8 Å². The van der Waals surface area contributed by atoms with E-state index in [1.54, 1.807) is 6.08 Å². The minimum absolute atomic E-state index is 0.306. The molecule has 0 amide bonds. The van der Waals surface area contributed by atoms with Gasteiger partial charge in [0.2, 0.25) is 0 Å². The first-order valence-electron chi connectivity index (χ1n) is 5.84. The maximum atomic E-state index is 11.1. The van der Waals surface area contributed by atoms with Gasteiger partial charge < -0.3 is 0 Å². The third-order valence-corrected chi connectivity index (χ3v) is 3.16. The third-order valence-electron chi connectivity index (χ3n) is 3.16. The van der Waals surface area contributed by atoms with Crippen LogP contribution in [0, 0.1) is 17.8 Å². The summed E-state index contributed by atoms with van der Waals surface area (Å²) in [6, 6.07) is 0. The van der Waals surface area contributed by atoms with Crippen molar-refractivity contribution < 1.29 is 4.79 Å². The van der Waals surface area contributed by atoms with Gasteiger partial charge in [-0.2, -0.15) is 0 Å². The standard InChI is InChI=1S/C13H22O/c1-4-11(9-10(2)3)12-5-7-13(14)8-6-12/h5,7,10-12H,4,6,8-9H2,1-3H3. The lowest BCUT2D eigenvalue weighted by Crippen LogP contribution is -2.18. The molecule has 0 N–H and O–H groups in total. The summed E-state index contributed by atoms with van der Waals surface area (Å²) in [7, 11) is 0. The van der Waals surface area contributed by atoms with Crippen molar-refractivity contribution in [1.29, 1.82) is 0 Å². The Morgan fingerprint density at radius 3 is 2.64 bits per heavy atom. The SMILES string of the molecule is CCC(CC(C)C)C1C=CC(=O)CC1. The summed E-state index contributed by atoms with van der Waals surface area (Å²) in [4.78, 5) is 11.1. The van der Waals surface area contributed by atoms with E-state index in [1.807, 2.05) is 0 Å². The summed E-state index contributed by atoms with van der Waals surface area (Å²) in [6.45, 7) is 6.82. The molecule has 0 aliphatic heterocycles. The molecule has 1 heteroatoms. The molecule has 0 heterocycles. The van der Waals surface area contributed by atoms with Crippen molar-refractivity contribution in [3.05, 3.63) is 12.2 Å². The highest BCUT2D eigenvalue weighted by Crippen LogP contribution is 2.30. The van der Waals surface area contributed by atoms with Gasteiger partial charge in [-0.25, -0.2) is 0 Å². The maximum Gasteiger partial charge on any atom is 0.155 e. The number of hydrogen-bond acceptors (Lipinski definition) is 1. The van der Waals surface area contributed by atoms with E-state index < -0.39 is 0 Å². The Morgan fingerprint density at radius 2 is 2.21 bits per heavy atom. The number of ketones is 1. The van der Waals surface area contributed by atoms with Gasteiger partial charge >= 0.3 is 0 Å². The van der Waals surface area contributed by atoms with E-state index in [4.69, 9.17) is 0 Å². The van der Waals surface area contributed by atoms with Gasteiger partial charge in [-0.05, 0) is 36.7 Å². The topological polar surface area (TPSA) is 17.1 Å². The van der Waals surface area contributed by atoms with Crippen molar-refractivity contribution in [3.8, 4) is 0 Å². The van der Waals surface area contributed by atoms with E-state index in [1.165, 1.54) is 12.8 Å². The smallest absolute Gasteiger partial charge is 0.155 e. The first kappa shape index (κ1) is 11.5. The number of allylic oxidation sites excluding steroid dienone is 2. The Morgan fingerprint density at radius 1 is 1.50 bits per heavy atom. The number of hydrogen-bond donors (Lipinski definition) is 0. The Labute approximate surface area is 87.6 Å². The first-order chi connectivity index (χ1) is 6.63. The molecule has 1 rings (SSSR count). The van der Waals surface area contributed by atoms with Crippen LogP contribution in [-0.2, 0) is 4.79 Å². The van der Waals surface area contributed by atoms with Gasteiger partial charge in [0, 0.05) is 6.42 Å². The Bertz CT molecular complexity index is 215. The van der Waals surface area contributed by atoms with Crippen molar-refractivity contribution >= 4 is 5.78 Å². The molecule has 2 atom stereocenters. The molecule has 0 saturated heterocycles. The zero-order valence-electron chi connectivity index (χ0n) is 9.62. The summed E-state index contributed by atoms with van der Waals surface area (Å²) in [6.07, 6.45) is 8.29. The highest BCUT2D eigenvalue weighted by molar-refractivity contribution is 5.90. The molecule has 0 fully saturated rings. The molecule has 0 aromatic rings. The van der Waals surface area contributed by atoms with Crippen LogP contribution in [0.5, 0.6) is 0 Å². The Kier molecular flexibility index (Phi) is 4.37. The third kappa shape index (κ3) is 3.28. The van der Waals surface area contributed by atoms with Crippen molar-refractivity contribution in [2.75, 3.05) is 0 Å². The maximum absolute atomic E-state index is 11.1. The molecule has 2 unspecified atom stereocenters. The van der Waals surface area contributed by atoms with Gasteiger partial charge in [0.1, 0.15) is 0 Å². The lowest BCUT2D eigenvalue weighted by Gasteiger charge is -2.26. The molecule has 1 aliphatic rings. The molecule has 0 spiro atoms. The van der Waals surface area contributed by atoms with Gasteiger partial charge in [0.05, 0.1) is 0 Å². The molecule has 14 heavy (non-hydrogen) atoms. The van der Waals surface area contributed by atoms with Crippen molar-refractivity contribution in [2.45, 2.75) is 46.5 Å². The zero-order chi connectivity index (χ0) is 10.6. The van der Waals surface area contributed by atoms with Gasteiger partial charge in [-0.1, -0.05) is 33.3 Å². The lowest BCUT2D eigenvalue weighted by molar-refractivity contribution is -0.115. The van der Waals surface area contributed by atoms with Crippen molar-refractivity contribution in [1.82, 2.24) is 0 Å². The number of carbonyl (C=O) groups excluding carboxylic acids is 1. The summed E-state index contributed by atoms with van der Waals surface area (Å²) >= 11 is 0. The predicted molar refractivity (Wildman–Crippen MR) is 60.1 cm³/mol. The van der Waals surface area contributed by atoms with Gasteiger partial charge in [0.25, 0.3) is 0 Å². The lowest BCUT2D eigenvalue weighted by atomic mass is 9.78. The molecule has 0 aromatic carbocycles. The Hall–Kier alpha value is -0.590. The van der Waals surface area contributed by atoms with E-state index in [0.29, 0.717) is 11.7 Å². The van der Waals surface area contributed by atoms with Crippen LogP contribution in [0.15, 0.2) is 12.2 Å². The van der Waals surface area contributed by atoms with E-state index in [0.717, 1.165) is 24.7 Å². The summed E-state index contributed by atoms with van der Waals surface area (Å²) in [5.41, 5.74) is 0. The minimum Gasteiger partial charge on any atom is -0.295 e. The largest absolute Gasteiger partial charge is 0.295 e. The van der Waals surface area contributed by atoms with Crippen LogP contribution in [0.3, 0.4) is 0 Å². The van der Waals surface area contributed by atoms with Crippen LogP contribution >= 0.6 is 0 Å². The minimum atomic E-state index is 0.306.